The Morgan fingerprint density at radius 1 is 0.704 bits per heavy atom. The van der Waals surface area contributed by atoms with Gasteiger partial charge in [-0.1, -0.05) is 60.7 Å². The number of rotatable bonds is 4. The summed E-state index contributed by atoms with van der Waals surface area (Å²) in [6.07, 6.45) is 0. The Morgan fingerprint density at radius 2 is 1.00 bits per heavy atom. The molecule has 138 valence electrons. The van der Waals surface area contributed by atoms with Crippen LogP contribution in [-0.4, -0.2) is 21.6 Å². The van der Waals surface area contributed by atoms with Crippen LogP contribution in [0.3, 0.4) is 0 Å². The van der Waals surface area contributed by atoms with Crippen LogP contribution in [0.4, 0.5) is 0 Å². The van der Waals surface area contributed by atoms with Crippen LogP contribution >= 0.6 is 0 Å². The van der Waals surface area contributed by atoms with E-state index in [9.17, 15) is 0 Å². The molecule has 0 amide bonds. The molecule has 0 saturated carbocycles. The molecule has 0 saturated heterocycles. The summed E-state index contributed by atoms with van der Waals surface area (Å²) in [5.74, 6) is 0. The third-order valence-corrected chi connectivity index (χ3v) is 3.17. The fraction of sp³-hybridized carbons (Fsp3) is 0.111. The number of hydrogen-bond donors (Lipinski definition) is 2. The molecule has 0 aliphatic rings. The largest absolute Gasteiger partial charge is 0.515 e. The van der Waals surface area contributed by atoms with Crippen molar-refractivity contribution in [2.75, 3.05) is 0 Å². The van der Waals surface area contributed by atoms with Crippen molar-refractivity contribution in [1.82, 2.24) is 0 Å². The molecule has 4 N–H and O–H groups in total. The molecular formula is C18H22N6S2Zn. The predicted molar refractivity (Wildman–Crippen MR) is 120 cm³/mol. The van der Waals surface area contributed by atoms with E-state index in [2.05, 4.69) is 45.5 Å². The summed E-state index contributed by atoms with van der Waals surface area (Å²) in [6, 6.07) is 19.5. The van der Waals surface area contributed by atoms with E-state index < -0.39 is 0 Å². The summed E-state index contributed by atoms with van der Waals surface area (Å²) in [6.45, 7) is 3.74. The van der Waals surface area contributed by atoms with Crippen molar-refractivity contribution in [1.29, 1.82) is 0 Å². The molecule has 2 aromatic carbocycles. The molecule has 0 unspecified atom stereocenters. The van der Waals surface area contributed by atoms with Gasteiger partial charge in [-0.05, 0) is 25.0 Å². The minimum atomic E-state index is 0. The Bertz CT molecular complexity index is 711. The first-order valence-corrected chi connectivity index (χ1v) is 8.53. The van der Waals surface area contributed by atoms with Gasteiger partial charge in [0, 0.05) is 30.9 Å². The van der Waals surface area contributed by atoms with Gasteiger partial charge in [0.1, 0.15) is 0 Å². The van der Waals surface area contributed by atoms with Gasteiger partial charge >= 0.3 is 0 Å². The number of thiol groups is 2. The van der Waals surface area contributed by atoms with E-state index in [0.29, 0.717) is 0 Å². The molecule has 0 aliphatic heterocycles. The maximum absolute atomic E-state index is 5.23. The van der Waals surface area contributed by atoms with Gasteiger partial charge in [-0.3, -0.25) is 11.5 Å². The van der Waals surface area contributed by atoms with Gasteiger partial charge in [-0.15, -0.1) is 0 Å². The van der Waals surface area contributed by atoms with E-state index in [4.69, 9.17) is 11.5 Å². The zero-order valence-electron chi connectivity index (χ0n) is 15.3. The number of hydrogen-bond acceptors (Lipinski definition) is 2. The zero-order valence-corrected chi connectivity index (χ0v) is 20.1. The van der Waals surface area contributed by atoms with Crippen LogP contribution in [0.25, 0.3) is 10.9 Å². The molecule has 0 spiro atoms. The number of nitrogens with two attached hydrogens (primary N) is 2. The molecule has 2 rings (SSSR count). The van der Waals surface area contributed by atoms with E-state index in [0.717, 1.165) is 22.6 Å². The van der Waals surface area contributed by atoms with Crippen molar-refractivity contribution in [3.8, 4) is 0 Å². The molecule has 0 heterocycles. The molecule has 9 heteroatoms. The van der Waals surface area contributed by atoms with Gasteiger partial charge < -0.3 is 21.1 Å². The second kappa shape index (κ2) is 14.2. The Morgan fingerprint density at radius 3 is 1.26 bits per heavy atom. The Hall–Kier alpha value is -1.90. The average molecular weight is 452 g/mol. The third kappa shape index (κ3) is 11.4. The van der Waals surface area contributed by atoms with E-state index in [1.54, 1.807) is 0 Å². The van der Waals surface area contributed by atoms with Crippen molar-refractivity contribution in [3.63, 3.8) is 0 Å². The van der Waals surface area contributed by atoms with E-state index >= 15 is 0 Å². The summed E-state index contributed by atoms with van der Waals surface area (Å²) in [7, 11) is 0. The normalized spacial score (nSPS) is 10.7. The van der Waals surface area contributed by atoms with E-state index in [1.807, 2.05) is 74.5 Å². The molecule has 0 aromatic heterocycles. The summed E-state index contributed by atoms with van der Waals surface area (Å²) in [4.78, 5) is 0. The Balaban J connectivity index is 0.000000483. The summed E-state index contributed by atoms with van der Waals surface area (Å²) >= 11 is 7.61. The first-order valence-electron chi connectivity index (χ1n) is 7.64. The summed E-state index contributed by atoms with van der Waals surface area (Å²) in [5, 5.41) is 8.12. The van der Waals surface area contributed by atoms with Crippen LogP contribution in [0.5, 0.6) is 0 Å². The average Bonchev–Trinajstić information content (AvgIpc) is 2.66. The SMILES string of the molecule is CC(=N[N-]C(N)=[SH+])c1ccccc1.CC(=N[N-]C(N)=[SH+])c1ccccc1.[Zn]. The third-order valence-electron chi connectivity index (χ3n) is 2.99. The molecule has 0 fully saturated rings. The first-order chi connectivity index (χ1) is 12.4. The fourth-order valence-electron chi connectivity index (χ4n) is 1.73. The van der Waals surface area contributed by atoms with Crippen molar-refractivity contribution in [2.45, 2.75) is 13.8 Å². The van der Waals surface area contributed by atoms with Gasteiger partial charge in [0.15, 0.2) is 34.7 Å². The van der Waals surface area contributed by atoms with Crippen molar-refractivity contribution in [3.05, 3.63) is 82.6 Å². The van der Waals surface area contributed by atoms with Crippen molar-refractivity contribution < 1.29 is 19.5 Å². The number of nitrogens with zero attached hydrogens (tertiary/aromatic N) is 4. The second-order valence-corrected chi connectivity index (χ2v) is 5.94. The molecule has 2 aromatic rings. The molecule has 0 aliphatic carbocycles. The minimum Gasteiger partial charge on any atom is -0.515 e. The van der Waals surface area contributed by atoms with Crippen molar-refractivity contribution >= 4 is 46.1 Å². The molecule has 27 heavy (non-hydrogen) atoms. The van der Waals surface area contributed by atoms with Gasteiger partial charge in [-0.25, -0.2) is 0 Å². The van der Waals surface area contributed by atoms with Crippen LogP contribution in [0.2, 0.25) is 0 Å². The molecule has 6 nitrogen and oxygen atoms in total. The second-order valence-electron chi connectivity index (χ2n) is 5.02. The van der Waals surface area contributed by atoms with E-state index in [-0.39, 0.29) is 29.7 Å². The quantitative estimate of drug-likeness (QED) is 0.186. The smallest absolute Gasteiger partial charge is 0.183 e. The summed E-state index contributed by atoms with van der Waals surface area (Å²) < 4.78 is 0. The molecule has 0 bridgehead atoms. The van der Waals surface area contributed by atoms with Crippen LogP contribution in [-0.2, 0) is 43.9 Å². The molecular weight excluding hydrogens is 430 g/mol. The molecule has 0 radical (unpaired) electrons. The predicted octanol–water partition coefficient (Wildman–Crippen LogP) is 2.22. The fourth-order valence-corrected chi connectivity index (χ4v) is 1.82. The monoisotopic (exact) mass is 450 g/mol. The minimum absolute atomic E-state index is 0. The maximum Gasteiger partial charge on any atom is 0.183 e. The first kappa shape index (κ1) is 25.1. The topological polar surface area (TPSA) is 105 Å². The van der Waals surface area contributed by atoms with Gasteiger partial charge in [0.25, 0.3) is 0 Å². The van der Waals surface area contributed by atoms with Crippen molar-refractivity contribution in [2.24, 2.45) is 21.7 Å². The Kier molecular flexibility index (Phi) is 13.2. The number of benzene rings is 2. The Labute approximate surface area is 183 Å². The van der Waals surface area contributed by atoms with Gasteiger partial charge in [-0.2, -0.15) is 0 Å². The molecule has 0 atom stereocenters. The van der Waals surface area contributed by atoms with Gasteiger partial charge in [0.2, 0.25) is 0 Å². The van der Waals surface area contributed by atoms with Crippen LogP contribution in [0, 0.1) is 0 Å². The standard InChI is InChI=1S/2C9H11N3S.Zn/c2*1-7(11-12-9(10)13)8-5-3-2-4-6-8;/h2*2-6H,1H3,(H3,10,12,13);. The van der Waals surface area contributed by atoms with Crippen LogP contribution < -0.4 is 11.5 Å². The van der Waals surface area contributed by atoms with Crippen LogP contribution in [0.1, 0.15) is 25.0 Å². The van der Waals surface area contributed by atoms with Crippen LogP contribution in [0.15, 0.2) is 70.9 Å². The summed E-state index contributed by atoms with van der Waals surface area (Å²) in [5.41, 5.74) is 21.4. The van der Waals surface area contributed by atoms with E-state index in [1.165, 1.54) is 0 Å². The maximum atomic E-state index is 5.23. The van der Waals surface area contributed by atoms with Gasteiger partial charge in [0.05, 0.1) is 0 Å². The zero-order chi connectivity index (χ0) is 19.4.